The number of hydrogen-bond donors (Lipinski definition) is 1. The van der Waals surface area contributed by atoms with Crippen molar-refractivity contribution in [3.63, 3.8) is 0 Å². The Bertz CT molecular complexity index is 766. The van der Waals surface area contributed by atoms with Crippen LogP contribution in [0.25, 0.3) is 0 Å². The maximum atomic E-state index is 6.26. The van der Waals surface area contributed by atoms with Gasteiger partial charge in [0.25, 0.3) is 0 Å². The molecule has 0 aliphatic rings. The first-order chi connectivity index (χ1) is 11.1. The normalized spacial score (nSPS) is 12.3. The Labute approximate surface area is 144 Å². The van der Waals surface area contributed by atoms with E-state index in [0.717, 1.165) is 17.0 Å². The van der Waals surface area contributed by atoms with Gasteiger partial charge in [-0.3, -0.25) is 4.98 Å². The molecule has 0 spiro atoms. The summed E-state index contributed by atoms with van der Waals surface area (Å²) < 4.78 is 2.05. The highest BCUT2D eigenvalue weighted by Gasteiger charge is 2.12. The van der Waals surface area contributed by atoms with E-state index in [4.69, 9.17) is 28.9 Å². The number of nitrogens with two attached hydrogens (primary N) is 1. The number of hydrogen-bond acceptors (Lipinski definition) is 3. The van der Waals surface area contributed by atoms with E-state index < -0.39 is 0 Å². The summed E-state index contributed by atoms with van der Waals surface area (Å²) in [4.78, 5) is 8.53. The number of nitrogens with zero attached hydrogens (tertiary/aromatic N) is 3. The third-order valence-electron chi connectivity index (χ3n) is 3.59. The first kappa shape index (κ1) is 16.0. The van der Waals surface area contributed by atoms with E-state index in [1.54, 1.807) is 24.7 Å². The molecule has 0 bridgehead atoms. The largest absolute Gasteiger partial charge is 0.330 e. The van der Waals surface area contributed by atoms with Crippen molar-refractivity contribution in [3.8, 4) is 0 Å². The van der Waals surface area contributed by atoms with Crippen molar-refractivity contribution in [3.05, 3.63) is 82.1 Å². The SMILES string of the molecule is NC(Cc1nccn1Cc1cc(Cl)cc(Cl)c1)c1cccnc1. The van der Waals surface area contributed by atoms with Crippen LogP contribution in [-0.4, -0.2) is 14.5 Å². The van der Waals surface area contributed by atoms with Gasteiger partial charge in [0.1, 0.15) is 5.82 Å². The minimum atomic E-state index is -0.146. The van der Waals surface area contributed by atoms with Crippen LogP contribution in [0.15, 0.2) is 55.1 Å². The van der Waals surface area contributed by atoms with E-state index in [0.29, 0.717) is 23.0 Å². The van der Waals surface area contributed by atoms with Gasteiger partial charge in [-0.1, -0.05) is 29.3 Å². The Morgan fingerprint density at radius 3 is 2.61 bits per heavy atom. The lowest BCUT2D eigenvalue weighted by atomic mass is 10.1. The summed E-state index contributed by atoms with van der Waals surface area (Å²) in [6, 6.07) is 9.24. The van der Waals surface area contributed by atoms with Crippen LogP contribution in [0.2, 0.25) is 10.0 Å². The number of halogens is 2. The molecule has 1 aromatic carbocycles. The van der Waals surface area contributed by atoms with Crippen LogP contribution in [0.4, 0.5) is 0 Å². The summed E-state index contributed by atoms with van der Waals surface area (Å²) >= 11 is 12.1. The van der Waals surface area contributed by atoms with Crippen molar-refractivity contribution in [2.75, 3.05) is 0 Å². The van der Waals surface area contributed by atoms with Gasteiger partial charge >= 0.3 is 0 Å². The van der Waals surface area contributed by atoms with Gasteiger partial charge in [-0.2, -0.15) is 0 Å². The molecule has 118 valence electrons. The fourth-order valence-corrected chi connectivity index (χ4v) is 3.05. The fourth-order valence-electron chi connectivity index (χ4n) is 2.48. The topological polar surface area (TPSA) is 56.7 Å². The van der Waals surface area contributed by atoms with E-state index >= 15 is 0 Å². The third kappa shape index (κ3) is 4.10. The van der Waals surface area contributed by atoms with Gasteiger partial charge in [0.15, 0.2) is 0 Å². The molecular weight excluding hydrogens is 331 g/mol. The van der Waals surface area contributed by atoms with Crippen molar-refractivity contribution < 1.29 is 0 Å². The number of benzene rings is 1. The Morgan fingerprint density at radius 2 is 1.91 bits per heavy atom. The molecule has 2 aromatic heterocycles. The zero-order valence-electron chi connectivity index (χ0n) is 12.4. The predicted octanol–water partition coefficient (Wildman–Crippen LogP) is 3.88. The highest BCUT2D eigenvalue weighted by molar-refractivity contribution is 6.34. The number of aromatic nitrogens is 3. The molecular formula is C17H16Cl2N4. The molecule has 2 N–H and O–H groups in total. The molecule has 1 unspecified atom stereocenters. The number of pyridine rings is 1. The minimum Gasteiger partial charge on any atom is -0.330 e. The maximum Gasteiger partial charge on any atom is 0.110 e. The zero-order chi connectivity index (χ0) is 16.2. The highest BCUT2D eigenvalue weighted by Crippen LogP contribution is 2.21. The summed E-state index contributed by atoms with van der Waals surface area (Å²) in [5.41, 5.74) is 8.28. The second-order valence-corrected chi connectivity index (χ2v) is 6.22. The predicted molar refractivity (Wildman–Crippen MR) is 92.7 cm³/mol. The van der Waals surface area contributed by atoms with Gasteiger partial charge in [0.2, 0.25) is 0 Å². The van der Waals surface area contributed by atoms with Crippen LogP contribution >= 0.6 is 23.2 Å². The molecule has 1 atom stereocenters. The van der Waals surface area contributed by atoms with Crippen LogP contribution in [0, 0.1) is 0 Å². The molecule has 0 saturated heterocycles. The summed E-state index contributed by atoms with van der Waals surface area (Å²) in [7, 11) is 0. The van der Waals surface area contributed by atoms with E-state index in [9.17, 15) is 0 Å². The summed E-state index contributed by atoms with van der Waals surface area (Å²) in [6.07, 6.45) is 7.86. The molecule has 23 heavy (non-hydrogen) atoms. The van der Waals surface area contributed by atoms with Crippen molar-refractivity contribution in [2.45, 2.75) is 19.0 Å². The molecule has 4 nitrogen and oxygen atoms in total. The van der Waals surface area contributed by atoms with Crippen LogP contribution < -0.4 is 5.73 Å². The first-order valence-corrected chi connectivity index (χ1v) is 7.98. The van der Waals surface area contributed by atoms with Crippen molar-refractivity contribution in [2.24, 2.45) is 5.73 Å². The van der Waals surface area contributed by atoms with Crippen LogP contribution in [0.1, 0.15) is 23.0 Å². The van der Waals surface area contributed by atoms with Gasteiger partial charge in [0.05, 0.1) is 0 Å². The Balaban J connectivity index is 1.77. The number of rotatable bonds is 5. The average molecular weight is 347 g/mol. The van der Waals surface area contributed by atoms with Crippen molar-refractivity contribution in [1.82, 2.24) is 14.5 Å². The lowest BCUT2D eigenvalue weighted by molar-refractivity contribution is 0.637. The summed E-state index contributed by atoms with van der Waals surface area (Å²) in [5, 5.41) is 1.25. The second kappa shape index (κ2) is 7.13. The zero-order valence-corrected chi connectivity index (χ0v) is 13.9. The van der Waals surface area contributed by atoms with Crippen molar-refractivity contribution in [1.29, 1.82) is 0 Å². The van der Waals surface area contributed by atoms with Crippen LogP contribution in [0.5, 0.6) is 0 Å². The third-order valence-corrected chi connectivity index (χ3v) is 4.03. The molecule has 6 heteroatoms. The molecule has 0 aliphatic carbocycles. The molecule has 3 rings (SSSR count). The molecule has 0 radical (unpaired) electrons. The minimum absolute atomic E-state index is 0.146. The van der Waals surface area contributed by atoms with E-state index in [2.05, 4.69) is 14.5 Å². The van der Waals surface area contributed by atoms with Gasteiger partial charge in [-0.25, -0.2) is 4.98 Å². The van der Waals surface area contributed by atoms with Crippen LogP contribution in [-0.2, 0) is 13.0 Å². The average Bonchev–Trinajstić information content (AvgIpc) is 2.94. The second-order valence-electron chi connectivity index (χ2n) is 5.35. The Hall–Kier alpha value is -1.88. The summed E-state index contributed by atoms with van der Waals surface area (Å²) in [6.45, 7) is 0.648. The van der Waals surface area contributed by atoms with Gasteiger partial charge in [-0.15, -0.1) is 0 Å². The van der Waals surface area contributed by atoms with Crippen LogP contribution in [0.3, 0.4) is 0 Å². The summed E-state index contributed by atoms with van der Waals surface area (Å²) in [5.74, 6) is 0.914. The number of imidazole rings is 1. The first-order valence-electron chi connectivity index (χ1n) is 7.22. The maximum absolute atomic E-state index is 6.26. The smallest absolute Gasteiger partial charge is 0.110 e. The highest BCUT2D eigenvalue weighted by atomic mass is 35.5. The molecule has 3 aromatic rings. The molecule has 0 amide bonds. The van der Waals surface area contributed by atoms with E-state index in [1.807, 2.05) is 30.5 Å². The van der Waals surface area contributed by atoms with Crippen molar-refractivity contribution >= 4 is 23.2 Å². The Morgan fingerprint density at radius 1 is 1.13 bits per heavy atom. The van der Waals surface area contributed by atoms with Gasteiger partial charge < -0.3 is 10.3 Å². The quantitative estimate of drug-likeness (QED) is 0.762. The van der Waals surface area contributed by atoms with E-state index in [-0.39, 0.29) is 6.04 Å². The van der Waals surface area contributed by atoms with Gasteiger partial charge in [0, 0.05) is 53.8 Å². The molecule has 0 fully saturated rings. The lowest BCUT2D eigenvalue weighted by Crippen LogP contribution is -2.17. The van der Waals surface area contributed by atoms with E-state index in [1.165, 1.54) is 0 Å². The molecule has 0 saturated carbocycles. The molecule has 0 aliphatic heterocycles. The monoisotopic (exact) mass is 346 g/mol. The standard InChI is InChI=1S/C17H16Cl2N4/c18-14-6-12(7-15(19)8-14)11-23-5-4-22-17(23)9-16(20)13-2-1-3-21-10-13/h1-8,10,16H,9,11,20H2. The van der Waals surface area contributed by atoms with Gasteiger partial charge in [-0.05, 0) is 35.4 Å². The molecule has 2 heterocycles. The fraction of sp³-hybridized carbons (Fsp3) is 0.176. The Kier molecular flexibility index (Phi) is 4.96. The lowest BCUT2D eigenvalue weighted by Gasteiger charge is -2.13.